The van der Waals surface area contributed by atoms with Crippen molar-refractivity contribution in [2.75, 3.05) is 5.73 Å². The maximum atomic E-state index is 11.1. The lowest BCUT2D eigenvalue weighted by Gasteiger charge is -2.07. The van der Waals surface area contributed by atoms with Crippen molar-refractivity contribution >= 4 is 23.1 Å². The molecule has 1 heterocycles. The smallest absolute Gasteiger partial charge is 0.281 e. The number of nitrogens with zero attached hydrogens (tertiary/aromatic N) is 2. The summed E-state index contributed by atoms with van der Waals surface area (Å²) in [5, 5.41) is 15.1. The standard InChI is InChI=1S/C13H14ClN3O3/c1-7(2)6-8-12(20-16-13(8)15)11-9(14)4-3-5-10(11)17(18)19/h3-5,7H,6H2,1-2H3,(H2,15,16). The lowest BCUT2D eigenvalue weighted by atomic mass is 9.99. The van der Waals surface area contributed by atoms with E-state index >= 15 is 0 Å². The van der Waals surface area contributed by atoms with Crippen molar-refractivity contribution in [3.63, 3.8) is 0 Å². The molecule has 0 amide bonds. The van der Waals surface area contributed by atoms with E-state index in [1.165, 1.54) is 12.1 Å². The minimum Gasteiger partial charge on any atom is -0.381 e. The molecule has 0 aliphatic heterocycles. The minimum absolute atomic E-state index is 0.126. The summed E-state index contributed by atoms with van der Waals surface area (Å²) in [6.07, 6.45) is 0.604. The molecule has 0 saturated carbocycles. The molecule has 1 aromatic heterocycles. The van der Waals surface area contributed by atoms with Crippen LogP contribution in [-0.4, -0.2) is 10.1 Å². The van der Waals surface area contributed by atoms with Gasteiger partial charge in [-0.3, -0.25) is 10.1 Å². The first kappa shape index (κ1) is 14.3. The molecular formula is C13H14ClN3O3. The van der Waals surface area contributed by atoms with Gasteiger partial charge < -0.3 is 10.3 Å². The predicted molar refractivity (Wildman–Crippen MR) is 76.6 cm³/mol. The Morgan fingerprint density at radius 3 is 2.80 bits per heavy atom. The predicted octanol–water partition coefficient (Wildman–Crippen LogP) is 3.68. The number of halogens is 1. The molecule has 0 atom stereocenters. The third kappa shape index (κ3) is 2.60. The van der Waals surface area contributed by atoms with E-state index in [0.717, 1.165) is 0 Å². The fourth-order valence-electron chi connectivity index (χ4n) is 2.01. The van der Waals surface area contributed by atoms with Gasteiger partial charge in [-0.15, -0.1) is 0 Å². The molecule has 2 N–H and O–H groups in total. The Hall–Kier alpha value is -2.08. The third-order valence-electron chi connectivity index (χ3n) is 2.85. The maximum Gasteiger partial charge on any atom is 0.281 e. The Bertz CT molecular complexity index is 652. The summed E-state index contributed by atoms with van der Waals surface area (Å²) < 4.78 is 5.19. The number of aromatic nitrogens is 1. The quantitative estimate of drug-likeness (QED) is 0.685. The van der Waals surface area contributed by atoms with Gasteiger partial charge in [0.25, 0.3) is 5.69 Å². The van der Waals surface area contributed by atoms with Crippen LogP contribution in [0.5, 0.6) is 0 Å². The van der Waals surface area contributed by atoms with E-state index in [1.54, 1.807) is 6.07 Å². The normalized spacial score (nSPS) is 11.0. The Morgan fingerprint density at radius 1 is 1.50 bits per heavy atom. The van der Waals surface area contributed by atoms with E-state index < -0.39 is 4.92 Å². The number of nitrogens with two attached hydrogens (primary N) is 1. The van der Waals surface area contributed by atoms with Crippen LogP contribution in [0.4, 0.5) is 11.5 Å². The monoisotopic (exact) mass is 295 g/mol. The second-order valence-corrected chi connectivity index (χ2v) is 5.27. The van der Waals surface area contributed by atoms with Gasteiger partial charge in [-0.05, 0) is 18.4 Å². The van der Waals surface area contributed by atoms with Gasteiger partial charge in [-0.25, -0.2) is 0 Å². The Kier molecular flexibility index (Phi) is 3.94. The van der Waals surface area contributed by atoms with Crippen LogP contribution in [0.15, 0.2) is 22.7 Å². The van der Waals surface area contributed by atoms with Crippen molar-refractivity contribution < 1.29 is 9.45 Å². The van der Waals surface area contributed by atoms with E-state index in [9.17, 15) is 10.1 Å². The van der Waals surface area contributed by atoms with Crippen LogP contribution in [0.2, 0.25) is 5.02 Å². The number of anilines is 1. The molecule has 7 heteroatoms. The summed E-state index contributed by atoms with van der Waals surface area (Å²) in [7, 11) is 0. The van der Waals surface area contributed by atoms with Crippen molar-refractivity contribution in [3.8, 4) is 11.3 Å². The van der Waals surface area contributed by atoms with Gasteiger partial charge in [0.2, 0.25) is 0 Å². The topological polar surface area (TPSA) is 95.2 Å². The van der Waals surface area contributed by atoms with Crippen LogP contribution >= 0.6 is 11.6 Å². The van der Waals surface area contributed by atoms with Crippen LogP contribution in [0.3, 0.4) is 0 Å². The van der Waals surface area contributed by atoms with Crippen molar-refractivity contribution in [3.05, 3.63) is 38.9 Å². The molecule has 0 unspecified atom stereocenters. The minimum atomic E-state index is -0.501. The molecule has 0 aliphatic rings. The number of nitro groups is 1. The SMILES string of the molecule is CC(C)Cc1c(N)noc1-c1c(Cl)cccc1[N+](=O)[O-]. The third-order valence-corrected chi connectivity index (χ3v) is 3.16. The molecule has 0 radical (unpaired) electrons. The number of hydrogen-bond acceptors (Lipinski definition) is 5. The lowest BCUT2D eigenvalue weighted by Crippen LogP contribution is -2.00. The average molecular weight is 296 g/mol. The van der Waals surface area contributed by atoms with Crippen molar-refractivity contribution in [2.24, 2.45) is 5.92 Å². The highest BCUT2D eigenvalue weighted by Crippen LogP contribution is 2.40. The molecule has 106 valence electrons. The van der Waals surface area contributed by atoms with Crippen LogP contribution in [-0.2, 0) is 6.42 Å². The zero-order valence-electron chi connectivity index (χ0n) is 11.1. The number of nitrogen functional groups attached to an aromatic ring is 1. The van der Waals surface area contributed by atoms with Crippen molar-refractivity contribution in [2.45, 2.75) is 20.3 Å². The van der Waals surface area contributed by atoms with Gasteiger partial charge in [-0.1, -0.05) is 36.7 Å². The van der Waals surface area contributed by atoms with Gasteiger partial charge in [0.05, 0.1) is 9.95 Å². The molecule has 0 aliphatic carbocycles. The van der Waals surface area contributed by atoms with Crippen LogP contribution in [0.1, 0.15) is 19.4 Å². The lowest BCUT2D eigenvalue weighted by molar-refractivity contribution is -0.384. The van der Waals surface area contributed by atoms with Gasteiger partial charge >= 0.3 is 0 Å². The van der Waals surface area contributed by atoms with Crippen molar-refractivity contribution in [1.82, 2.24) is 5.16 Å². The second-order valence-electron chi connectivity index (χ2n) is 4.86. The first-order valence-corrected chi connectivity index (χ1v) is 6.47. The van der Waals surface area contributed by atoms with Crippen LogP contribution in [0, 0.1) is 16.0 Å². The number of rotatable bonds is 4. The molecule has 1 aromatic carbocycles. The maximum absolute atomic E-state index is 11.1. The van der Waals surface area contributed by atoms with E-state index in [1.807, 2.05) is 13.8 Å². The summed E-state index contributed by atoms with van der Waals surface area (Å²) in [5.74, 6) is 0.813. The Morgan fingerprint density at radius 2 is 2.20 bits per heavy atom. The molecule has 6 nitrogen and oxygen atoms in total. The zero-order chi connectivity index (χ0) is 14.9. The molecule has 2 rings (SSSR count). The highest BCUT2D eigenvalue weighted by atomic mass is 35.5. The Labute approximate surface area is 120 Å². The fourth-order valence-corrected chi connectivity index (χ4v) is 2.27. The van der Waals surface area contributed by atoms with Crippen LogP contribution in [0.25, 0.3) is 11.3 Å². The largest absolute Gasteiger partial charge is 0.381 e. The summed E-state index contributed by atoms with van der Waals surface area (Å²) in [6, 6.07) is 4.46. The molecule has 0 spiro atoms. The van der Waals surface area contributed by atoms with E-state index in [4.69, 9.17) is 21.9 Å². The Balaban J connectivity index is 2.66. The summed E-state index contributed by atoms with van der Waals surface area (Å²) in [6.45, 7) is 4.02. The molecule has 0 bridgehead atoms. The zero-order valence-corrected chi connectivity index (χ0v) is 11.8. The molecule has 0 fully saturated rings. The summed E-state index contributed by atoms with van der Waals surface area (Å²) in [4.78, 5) is 10.6. The first-order chi connectivity index (χ1) is 9.41. The van der Waals surface area contributed by atoms with E-state index in [2.05, 4.69) is 5.16 Å². The van der Waals surface area contributed by atoms with Gasteiger partial charge in [0, 0.05) is 11.6 Å². The van der Waals surface area contributed by atoms with E-state index in [-0.39, 0.29) is 27.9 Å². The average Bonchev–Trinajstić information content (AvgIpc) is 2.70. The molecule has 2 aromatic rings. The van der Waals surface area contributed by atoms with Crippen molar-refractivity contribution in [1.29, 1.82) is 0 Å². The second kappa shape index (κ2) is 5.50. The van der Waals surface area contributed by atoms with Gasteiger partial charge in [0.15, 0.2) is 11.6 Å². The molecule has 0 saturated heterocycles. The number of benzene rings is 1. The summed E-state index contributed by atoms with van der Waals surface area (Å²) in [5.41, 5.74) is 6.53. The van der Waals surface area contributed by atoms with Crippen LogP contribution < -0.4 is 5.73 Å². The first-order valence-electron chi connectivity index (χ1n) is 6.09. The fraction of sp³-hybridized carbons (Fsp3) is 0.308. The number of hydrogen-bond donors (Lipinski definition) is 1. The molecular weight excluding hydrogens is 282 g/mol. The summed E-state index contributed by atoms with van der Waals surface area (Å²) >= 11 is 6.09. The highest BCUT2D eigenvalue weighted by Gasteiger charge is 2.26. The van der Waals surface area contributed by atoms with E-state index in [0.29, 0.717) is 17.9 Å². The number of nitro benzene ring substituents is 1. The van der Waals surface area contributed by atoms with Gasteiger partial charge in [0.1, 0.15) is 5.56 Å². The van der Waals surface area contributed by atoms with Gasteiger partial charge in [-0.2, -0.15) is 0 Å². The highest BCUT2D eigenvalue weighted by molar-refractivity contribution is 6.33. The molecule has 20 heavy (non-hydrogen) atoms.